The van der Waals surface area contributed by atoms with Crippen molar-refractivity contribution in [3.8, 4) is 0 Å². The second-order valence-electron chi connectivity index (χ2n) is 16.2. The van der Waals surface area contributed by atoms with E-state index in [-0.39, 0.29) is 34.7 Å². The van der Waals surface area contributed by atoms with Crippen LogP contribution in [0.5, 0.6) is 0 Å². The highest BCUT2D eigenvalue weighted by molar-refractivity contribution is 5.76. The molecule has 3 heterocycles. The van der Waals surface area contributed by atoms with Crippen molar-refractivity contribution in [2.24, 2.45) is 28.6 Å². The lowest BCUT2D eigenvalue weighted by Gasteiger charge is -2.63. The van der Waals surface area contributed by atoms with Gasteiger partial charge in [-0.05, 0) is 86.5 Å². The number of hydrogen-bond donors (Lipinski definition) is 8. The Bertz CT molecular complexity index is 1280. The third-order valence-corrected chi connectivity index (χ3v) is 14.1. The molecule has 7 aliphatic rings. The highest BCUT2D eigenvalue weighted by Crippen LogP contribution is 2.69. The highest BCUT2D eigenvalue weighted by Gasteiger charge is 2.66. The van der Waals surface area contributed by atoms with Crippen molar-refractivity contribution in [3.05, 3.63) is 11.1 Å². The summed E-state index contributed by atoms with van der Waals surface area (Å²) in [6.07, 6.45) is -7.60. The maximum absolute atomic E-state index is 12.5. The largest absolute Gasteiger partial charge is 0.461 e. The molecule has 0 bridgehead atoms. The summed E-state index contributed by atoms with van der Waals surface area (Å²) in [5, 5.41) is 84.8. The van der Waals surface area contributed by atoms with Crippen LogP contribution < -0.4 is 0 Å². The minimum Gasteiger partial charge on any atom is -0.461 e. The molecule has 0 amide bonds. The summed E-state index contributed by atoms with van der Waals surface area (Å²) in [6, 6.07) is 0. The van der Waals surface area contributed by atoms with Gasteiger partial charge in [0.2, 0.25) is 0 Å². The normalized spacial score (nSPS) is 54.6. The van der Waals surface area contributed by atoms with Gasteiger partial charge >= 0.3 is 5.97 Å². The van der Waals surface area contributed by atoms with Crippen molar-refractivity contribution >= 4 is 5.97 Å². The van der Waals surface area contributed by atoms with E-state index >= 15 is 0 Å². The van der Waals surface area contributed by atoms with Crippen LogP contribution in [0.1, 0.15) is 78.1 Å². The summed E-state index contributed by atoms with van der Waals surface area (Å²) in [5.41, 5.74) is 1.03. The van der Waals surface area contributed by atoms with Crippen molar-refractivity contribution in [1.82, 2.24) is 0 Å². The van der Waals surface area contributed by atoms with Gasteiger partial charge in [-0.15, -0.1) is 0 Å². The lowest BCUT2D eigenvalue weighted by molar-refractivity contribution is -0.373. The Labute approximate surface area is 285 Å². The van der Waals surface area contributed by atoms with Gasteiger partial charge in [0.25, 0.3) is 0 Å². The highest BCUT2D eigenvalue weighted by atomic mass is 16.8. The van der Waals surface area contributed by atoms with E-state index in [4.69, 9.17) is 23.7 Å². The number of carbonyl (C=O) groups excluding carboxylic acids is 1. The van der Waals surface area contributed by atoms with Crippen molar-refractivity contribution in [2.45, 2.75) is 151 Å². The van der Waals surface area contributed by atoms with E-state index in [0.717, 1.165) is 44.1 Å². The van der Waals surface area contributed by atoms with Gasteiger partial charge < -0.3 is 64.5 Å². The van der Waals surface area contributed by atoms with Crippen LogP contribution in [0.4, 0.5) is 0 Å². The molecule has 0 aromatic carbocycles. The topological polar surface area (TPSA) is 225 Å². The minimum absolute atomic E-state index is 0.0365. The summed E-state index contributed by atoms with van der Waals surface area (Å²) < 4.78 is 29.1. The second-order valence-corrected chi connectivity index (χ2v) is 16.2. The molecule has 17 atom stereocenters. The number of cyclic esters (lactones) is 1. The quantitative estimate of drug-likeness (QED) is 0.0986. The molecule has 4 aliphatic carbocycles. The molecule has 7 fully saturated rings. The standard InChI is InChI=1S/C35H54O14/c1-33-8-5-18(46-32-30(28(42)26(40)23(14-37)48-32)49-31-29(43)27(41)25(39)22(13-36)47-31)12-17(33)3-4-21-20(33)6-9-34(2)19(7-10-35(21,34)44)16-11-24(38)45-15-16/h17-18,20-23,25-32,36-37,39-44H,3-15H2,1-2H3/b19-16+/t17-,18-,20+,21-,22+,23-,25-,26-,27+,28+,29-,30-,31-,32-,33+,34-,35-/m0/s1. The van der Waals surface area contributed by atoms with Crippen molar-refractivity contribution in [1.29, 1.82) is 0 Å². The van der Waals surface area contributed by atoms with Gasteiger partial charge in [-0.3, -0.25) is 4.79 Å². The van der Waals surface area contributed by atoms with Crippen LogP contribution in [0.25, 0.3) is 0 Å². The third-order valence-electron chi connectivity index (χ3n) is 14.1. The first-order valence-corrected chi connectivity index (χ1v) is 18.1. The molecule has 49 heavy (non-hydrogen) atoms. The fraction of sp³-hybridized carbons (Fsp3) is 0.914. The molecule has 0 aromatic rings. The maximum atomic E-state index is 12.5. The molecule has 4 saturated carbocycles. The zero-order valence-corrected chi connectivity index (χ0v) is 28.3. The lowest BCUT2D eigenvalue weighted by Crippen LogP contribution is -2.65. The Hall–Kier alpha value is -1.27. The van der Waals surface area contributed by atoms with Crippen LogP contribution in [-0.4, -0.2) is 140 Å². The average molecular weight is 699 g/mol. The van der Waals surface area contributed by atoms with Crippen LogP contribution in [0.15, 0.2) is 11.1 Å². The molecule has 0 aromatic heterocycles. The van der Waals surface area contributed by atoms with Gasteiger partial charge in [0.1, 0.15) is 55.4 Å². The molecule has 3 aliphatic heterocycles. The van der Waals surface area contributed by atoms with E-state index < -0.39 is 80.2 Å². The van der Waals surface area contributed by atoms with Crippen LogP contribution >= 0.6 is 0 Å². The Kier molecular flexibility index (Phi) is 9.80. The molecule has 0 radical (unpaired) electrons. The maximum Gasteiger partial charge on any atom is 0.310 e. The molecule has 3 saturated heterocycles. The molecule has 278 valence electrons. The average Bonchev–Trinajstić information content (AvgIpc) is 3.63. The SMILES string of the molecule is C[C@@]12CC[C@H](O[C@H]3O[C@@H](CO)[C@H](O)[C@@H](O)[C@@H]3O[C@@H]3O[C@H](CO)[C@H](O)[C@@H](O)[C@@H]3O)C[C@@H]1CC[C@H]1[C@H]2CC[C@@]2(C)/C(=C3/COC(=O)C3)CC[C@]12O. The third kappa shape index (κ3) is 5.73. The Morgan fingerprint density at radius 1 is 0.776 bits per heavy atom. The number of aliphatic hydroxyl groups excluding tert-OH is 7. The molecular weight excluding hydrogens is 644 g/mol. The minimum atomic E-state index is -1.74. The predicted molar refractivity (Wildman–Crippen MR) is 167 cm³/mol. The first-order valence-electron chi connectivity index (χ1n) is 18.1. The van der Waals surface area contributed by atoms with Crippen LogP contribution in [0.3, 0.4) is 0 Å². The van der Waals surface area contributed by atoms with Crippen LogP contribution in [0.2, 0.25) is 0 Å². The molecule has 0 spiro atoms. The smallest absolute Gasteiger partial charge is 0.310 e. The number of rotatable bonds is 6. The van der Waals surface area contributed by atoms with Crippen LogP contribution in [-0.2, 0) is 28.5 Å². The lowest BCUT2D eigenvalue weighted by atomic mass is 9.43. The van der Waals surface area contributed by atoms with E-state index in [1.165, 1.54) is 5.57 Å². The van der Waals surface area contributed by atoms with Crippen LogP contribution in [0, 0.1) is 28.6 Å². The summed E-state index contributed by atoms with van der Waals surface area (Å²) in [5.74, 6) is 0.560. The summed E-state index contributed by atoms with van der Waals surface area (Å²) in [4.78, 5) is 11.9. The monoisotopic (exact) mass is 698 g/mol. The zero-order valence-electron chi connectivity index (χ0n) is 28.3. The summed E-state index contributed by atoms with van der Waals surface area (Å²) >= 11 is 0. The Morgan fingerprint density at radius 2 is 1.47 bits per heavy atom. The van der Waals surface area contributed by atoms with Gasteiger partial charge in [-0.2, -0.15) is 0 Å². The molecule has 14 nitrogen and oxygen atoms in total. The zero-order chi connectivity index (χ0) is 35.0. The molecule has 14 heteroatoms. The van der Waals surface area contributed by atoms with Gasteiger partial charge in [0, 0.05) is 5.41 Å². The number of hydrogen-bond acceptors (Lipinski definition) is 14. The van der Waals surface area contributed by atoms with E-state index in [2.05, 4.69) is 13.8 Å². The number of carbonyl (C=O) groups is 1. The first-order chi connectivity index (χ1) is 23.3. The van der Waals surface area contributed by atoms with Crippen molar-refractivity contribution < 1.29 is 69.3 Å². The fourth-order valence-corrected chi connectivity index (χ4v) is 11.2. The van der Waals surface area contributed by atoms with Gasteiger partial charge in [0.15, 0.2) is 12.6 Å². The summed E-state index contributed by atoms with van der Waals surface area (Å²) in [7, 11) is 0. The van der Waals surface area contributed by atoms with E-state index in [1.807, 2.05) is 0 Å². The first kappa shape index (κ1) is 36.1. The number of aliphatic hydroxyl groups is 8. The molecule has 0 unspecified atom stereocenters. The Morgan fingerprint density at radius 3 is 2.14 bits per heavy atom. The predicted octanol–water partition coefficient (Wildman–Crippen LogP) is -0.603. The molecule has 7 rings (SSSR count). The number of fused-ring (bicyclic) bond motifs is 5. The van der Waals surface area contributed by atoms with Gasteiger partial charge in [-0.1, -0.05) is 19.4 Å². The van der Waals surface area contributed by atoms with E-state index in [0.29, 0.717) is 38.2 Å². The molecule has 8 N–H and O–H groups in total. The van der Waals surface area contributed by atoms with E-state index in [1.54, 1.807) is 0 Å². The molecular formula is C35H54O14. The van der Waals surface area contributed by atoms with Gasteiger partial charge in [-0.25, -0.2) is 0 Å². The second kappa shape index (κ2) is 13.3. The van der Waals surface area contributed by atoms with Crippen molar-refractivity contribution in [2.75, 3.05) is 19.8 Å². The van der Waals surface area contributed by atoms with E-state index in [9.17, 15) is 45.6 Å². The number of ether oxygens (including phenoxy) is 5. The Balaban J connectivity index is 1.06. The summed E-state index contributed by atoms with van der Waals surface area (Å²) in [6.45, 7) is 3.61. The number of esters is 1. The van der Waals surface area contributed by atoms with Crippen molar-refractivity contribution in [3.63, 3.8) is 0 Å². The van der Waals surface area contributed by atoms with Gasteiger partial charge in [0.05, 0.1) is 31.3 Å². The fourth-order valence-electron chi connectivity index (χ4n) is 11.2.